The van der Waals surface area contributed by atoms with Gasteiger partial charge >= 0.3 is 5.97 Å². The van der Waals surface area contributed by atoms with Gasteiger partial charge in [-0.15, -0.1) is 0 Å². The van der Waals surface area contributed by atoms with Crippen molar-refractivity contribution < 1.29 is 9.53 Å². The van der Waals surface area contributed by atoms with Crippen LogP contribution >= 0.6 is 0 Å². The summed E-state index contributed by atoms with van der Waals surface area (Å²) in [4.78, 5) is 29.1. The number of carbonyl (C=O) groups excluding carboxylic acids is 1. The minimum atomic E-state index is -0.443. The number of hydrogen-bond donors (Lipinski definition) is 0. The van der Waals surface area contributed by atoms with Crippen LogP contribution in [0, 0.1) is 5.92 Å². The van der Waals surface area contributed by atoms with Crippen LogP contribution in [0.15, 0.2) is 35.1 Å². The number of esters is 1. The molecule has 0 bridgehead atoms. The van der Waals surface area contributed by atoms with E-state index in [0.717, 1.165) is 12.1 Å². The fourth-order valence-electron chi connectivity index (χ4n) is 2.83. The second-order valence-corrected chi connectivity index (χ2v) is 6.22. The molecule has 2 heterocycles. The van der Waals surface area contributed by atoms with E-state index in [1.54, 1.807) is 28.8 Å². The average molecular weight is 312 g/mol. The van der Waals surface area contributed by atoms with Crippen LogP contribution in [0.1, 0.15) is 42.0 Å². The molecule has 0 amide bonds. The Hall–Kier alpha value is -2.43. The fraction of sp³-hybridized carbons (Fsp3) is 0.389. The molecule has 1 aromatic heterocycles. The summed E-state index contributed by atoms with van der Waals surface area (Å²) in [6.07, 6.45) is 2.16. The molecule has 0 radical (unpaired) electrons. The monoisotopic (exact) mass is 312 g/mol. The molecule has 0 saturated heterocycles. The third-order valence-corrected chi connectivity index (χ3v) is 3.90. The molecule has 0 N–H and O–H groups in total. The predicted octanol–water partition coefficient (Wildman–Crippen LogP) is 2.61. The van der Waals surface area contributed by atoms with Gasteiger partial charge in [-0.05, 0) is 37.3 Å². The van der Waals surface area contributed by atoms with Crippen LogP contribution in [0.5, 0.6) is 5.88 Å². The van der Waals surface area contributed by atoms with E-state index in [9.17, 15) is 9.59 Å². The van der Waals surface area contributed by atoms with E-state index >= 15 is 0 Å². The fourth-order valence-corrected chi connectivity index (χ4v) is 2.83. The Morgan fingerprint density at radius 2 is 2.04 bits per heavy atom. The number of benzene rings is 1. The zero-order chi connectivity index (χ0) is 16.4. The van der Waals surface area contributed by atoms with Gasteiger partial charge in [-0.2, -0.15) is 0 Å². The topological polar surface area (TPSA) is 61.2 Å². The molecule has 0 atom stereocenters. The van der Waals surface area contributed by atoms with E-state index < -0.39 is 5.97 Å². The van der Waals surface area contributed by atoms with Gasteiger partial charge in [-0.25, -0.2) is 9.78 Å². The number of nitrogens with zero attached hydrogens (tertiary/aromatic N) is 2. The van der Waals surface area contributed by atoms with E-state index in [4.69, 9.17) is 4.74 Å². The van der Waals surface area contributed by atoms with Crippen molar-refractivity contribution in [1.82, 2.24) is 9.55 Å². The molecule has 0 spiro atoms. The standard InChI is InChI=1S/C18H20N2O3/c1-12(2)11-14-17(21)20-10-6-9-15(20)16(19-14)23-18(22)13-7-4-3-5-8-13/h3-5,7-8,12H,6,9-11H2,1-2H3. The number of aromatic nitrogens is 2. The number of fused-ring (bicyclic) bond motifs is 1. The van der Waals surface area contributed by atoms with Crippen molar-refractivity contribution >= 4 is 5.97 Å². The maximum absolute atomic E-state index is 12.5. The van der Waals surface area contributed by atoms with Crippen molar-refractivity contribution in [3.63, 3.8) is 0 Å². The minimum absolute atomic E-state index is 0.0503. The van der Waals surface area contributed by atoms with Crippen LogP contribution in [0.4, 0.5) is 0 Å². The van der Waals surface area contributed by atoms with Crippen LogP contribution in [0.25, 0.3) is 0 Å². The van der Waals surface area contributed by atoms with Gasteiger partial charge in [0.2, 0.25) is 5.88 Å². The molecule has 1 aliphatic heterocycles. The minimum Gasteiger partial charge on any atom is -0.402 e. The molecule has 120 valence electrons. The SMILES string of the molecule is CC(C)Cc1nc(OC(=O)c2ccccc2)c2n(c1=O)CCC2. The summed E-state index contributed by atoms with van der Waals surface area (Å²) in [7, 11) is 0. The second kappa shape index (κ2) is 6.36. The molecule has 1 aliphatic rings. The van der Waals surface area contributed by atoms with Crippen LogP contribution in [0.2, 0.25) is 0 Å². The normalized spacial score (nSPS) is 13.2. The molecule has 5 nitrogen and oxygen atoms in total. The lowest BCUT2D eigenvalue weighted by atomic mass is 10.1. The highest BCUT2D eigenvalue weighted by Crippen LogP contribution is 2.23. The Balaban J connectivity index is 1.97. The summed E-state index contributed by atoms with van der Waals surface area (Å²) in [5.74, 6) is 0.154. The largest absolute Gasteiger partial charge is 0.402 e. The summed E-state index contributed by atoms with van der Waals surface area (Å²) in [5.41, 5.74) is 1.63. The van der Waals surface area contributed by atoms with Crippen molar-refractivity contribution in [2.45, 2.75) is 39.7 Å². The number of rotatable bonds is 4. The third-order valence-electron chi connectivity index (χ3n) is 3.90. The van der Waals surface area contributed by atoms with E-state index in [1.165, 1.54) is 0 Å². The van der Waals surface area contributed by atoms with Crippen molar-refractivity contribution in [3.8, 4) is 5.88 Å². The number of hydrogen-bond acceptors (Lipinski definition) is 4. The Kier molecular flexibility index (Phi) is 4.28. The highest BCUT2D eigenvalue weighted by atomic mass is 16.5. The summed E-state index contributed by atoms with van der Waals surface area (Å²) >= 11 is 0. The van der Waals surface area contributed by atoms with E-state index in [-0.39, 0.29) is 11.4 Å². The van der Waals surface area contributed by atoms with Gasteiger partial charge in [-0.3, -0.25) is 4.79 Å². The third kappa shape index (κ3) is 3.18. The first-order valence-electron chi connectivity index (χ1n) is 7.96. The summed E-state index contributed by atoms with van der Waals surface area (Å²) < 4.78 is 7.22. The first-order valence-corrected chi connectivity index (χ1v) is 7.96. The quantitative estimate of drug-likeness (QED) is 0.814. The molecule has 0 fully saturated rings. The number of ether oxygens (including phenoxy) is 1. The lowest BCUT2D eigenvalue weighted by Crippen LogP contribution is -2.27. The summed E-state index contributed by atoms with van der Waals surface area (Å²) in [5, 5.41) is 0. The Morgan fingerprint density at radius 3 is 2.74 bits per heavy atom. The van der Waals surface area contributed by atoms with Gasteiger partial charge in [0.15, 0.2) is 0 Å². The van der Waals surface area contributed by atoms with Crippen molar-refractivity contribution in [1.29, 1.82) is 0 Å². The summed E-state index contributed by atoms with van der Waals surface area (Å²) in [6, 6.07) is 8.82. The molecule has 23 heavy (non-hydrogen) atoms. The smallest absolute Gasteiger partial charge is 0.344 e. The zero-order valence-corrected chi connectivity index (χ0v) is 13.4. The highest BCUT2D eigenvalue weighted by Gasteiger charge is 2.24. The van der Waals surface area contributed by atoms with E-state index in [2.05, 4.69) is 4.98 Å². The second-order valence-electron chi connectivity index (χ2n) is 6.22. The van der Waals surface area contributed by atoms with Gasteiger partial charge in [0.25, 0.3) is 5.56 Å². The van der Waals surface area contributed by atoms with Crippen LogP contribution in [0.3, 0.4) is 0 Å². The average Bonchev–Trinajstić information content (AvgIpc) is 3.02. The van der Waals surface area contributed by atoms with Crippen molar-refractivity contribution in [2.24, 2.45) is 5.92 Å². The molecular formula is C18H20N2O3. The zero-order valence-electron chi connectivity index (χ0n) is 13.4. The van der Waals surface area contributed by atoms with Gasteiger partial charge in [0.05, 0.1) is 11.3 Å². The van der Waals surface area contributed by atoms with E-state index in [1.807, 2.05) is 19.9 Å². The Labute approximate surface area is 134 Å². The van der Waals surface area contributed by atoms with E-state index in [0.29, 0.717) is 36.6 Å². The first-order chi connectivity index (χ1) is 11.1. The first kappa shape index (κ1) is 15.5. The lowest BCUT2D eigenvalue weighted by Gasteiger charge is -2.13. The Bertz CT molecular complexity index is 779. The number of carbonyl (C=O) groups is 1. The molecular weight excluding hydrogens is 292 g/mol. The molecule has 5 heteroatoms. The highest BCUT2D eigenvalue weighted by molar-refractivity contribution is 5.90. The van der Waals surface area contributed by atoms with Crippen molar-refractivity contribution in [3.05, 3.63) is 57.6 Å². The van der Waals surface area contributed by atoms with Gasteiger partial charge in [0.1, 0.15) is 5.69 Å². The molecule has 0 saturated carbocycles. The molecule has 0 aliphatic carbocycles. The predicted molar refractivity (Wildman–Crippen MR) is 86.8 cm³/mol. The van der Waals surface area contributed by atoms with Gasteiger partial charge < -0.3 is 9.30 Å². The molecule has 2 aromatic rings. The molecule has 3 rings (SSSR count). The van der Waals surface area contributed by atoms with Crippen LogP contribution < -0.4 is 10.3 Å². The van der Waals surface area contributed by atoms with Crippen LogP contribution in [-0.4, -0.2) is 15.5 Å². The Morgan fingerprint density at radius 1 is 1.30 bits per heavy atom. The maximum Gasteiger partial charge on any atom is 0.344 e. The van der Waals surface area contributed by atoms with Gasteiger partial charge in [0, 0.05) is 6.54 Å². The maximum atomic E-state index is 12.5. The lowest BCUT2D eigenvalue weighted by molar-refractivity contribution is 0.0724. The summed E-state index contributed by atoms with van der Waals surface area (Å²) in [6.45, 7) is 4.74. The molecule has 1 aromatic carbocycles. The van der Waals surface area contributed by atoms with Crippen molar-refractivity contribution in [2.75, 3.05) is 0 Å². The van der Waals surface area contributed by atoms with Crippen LogP contribution in [-0.2, 0) is 19.4 Å². The molecule has 0 unspecified atom stereocenters. The van der Waals surface area contributed by atoms with Gasteiger partial charge in [-0.1, -0.05) is 32.0 Å².